The fourth-order valence-electron chi connectivity index (χ4n) is 1.79. The number of nitrogens with zero attached hydrogens (tertiary/aromatic N) is 2. The van der Waals surface area contributed by atoms with Crippen LogP contribution in [0.15, 0.2) is 22.8 Å². The standard InChI is InChI=1S/C12H13BrN2O2/c1-7-4-5-10-11(14-7)9(13)6-15(10)8(2)12(16)17-3/h4-6,8H,1-3H3. The van der Waals surface area contributed by atoms with Crippen molar-refractivity contribution in [3.8, 4) is 0 Å². The average Bonchev–Trinajstić information content (AvgIpc) is 2.64. The largest absolute Gasteiger partial charge is 0.467 e. The van der Waals surface area contributed by atoms with Gasteiger partial charge in [0.05, 0.1) is 17.1 Å². The summed E-state index contributed by atoms with van der Waals surface area (Å²) in [5, 5.41) is 0. The number of pyridine rings is 1. The van der Waals surface area contributed by atoms with Crippen LogP contribution in [0.4, 0.5) is 0 Å². The van der Waals surface area contributed by atoms with E-state index in [1.165, 1.54) is 7.11 Å². The van der Waals surface area contributed by atoms with Gasteiger partial charge in [0, 0.05) is 11.9 Å². The normalized spacial score (nSPS) is 12.7. The van der Waals surface area contributed by atoms with Crippen molar-refractivity contribution in [2.45, 2.75) is 19.9 Å². The molecule has 2 aromatic heterocycles. The molecule has 0 saturated carbocycles. The summed E-state index contributed by atoms with van der Waals surface area (Å²) in [7, 11) is 1.39. The van der Waals surface area contributed by atoms with Gasteiger partial charge in [-0.15, -0.1) is 0 Å². The minimum absolute atomic E-state index is 0.269. The number of ether oxygens (including phenoxy) is 1. The van der Waals surface area contributed by atoms with E-state index in [1.807, 2.05) is 29.8 Å². The molecule has 1 unspecified atom stereocenters. The highest BCUT2D eigenvalue weighted by Gasteiger charge is 2.19. The first-order valence-corrected chi connectivity index (χ1v) is 6.05. The van der Waals surface area contributed by atoms with Crippen LogP contribution in [0.1, 0.15) is 18.7 Å². The molecule has 0 aliphatic heterocycles. The number of hydrogen-bond donors (Lipinski definition) is 0. The third-order valence-corrected chi connectivity index (χ3v) is 3.31. The Hall–Kier alpha value is -1.36. The van der Waals surface area contributed by atoms with Gasteiger partial charge >= 0.3 is 5.97 Å². The predicted octanol–water partition coefficient (Wildman–Crippen LogP) is 2.84. The average molecular weight is 297 g/mol. The van der Waals surface area contributed by atoms with E-state index in [4.69, 9.17) is 4.74 Å². The lowest BCUT2D eigenvalue weighted by molar-refractivity contribution is -0.143. The Kier molecular flexibility index (Phi) is 3.19. The molecule has 0 spiro atoms. The second-order valence-electron chi connectivity index (χ2n) is 3.90. The van der Waals surface area contributed by atoms with Gasteiger partial charge in [0.15, 0.2) is 0 Å². The molecule has 17 heavy (non-hydrogen) atoms. The number of carbonyl (C=O) groups excluding carboxylic acids is 1. The molecule has 0 aromatic carbocycles. The minimum atomic E-state index is -0.363. The SMILES string of the molecule is COC(=O)C(C)n1cc(Br)c2nc(C)ccc21. The van der Waals surface area contributed by atoms with Crippen molar-refractivity contribution in [1.82, 2.24) is 9.55 Å². The highest BCUT2D eigenvalue weighted by Crippen LogP contribution is 2.27. The maximum absolute atomic E-state index is 11.6. The highest BCUT2D eigenvalue weighted by atomic mass is 79.9. The molecular formula is C12H13BrN2O2. The van der Waals surface area contributed by atoms with E-state index >= 15 is 0 Å². The second kappa shape index (κ2) is 4.49. The van der Waals surface area contributed by atoms with Crippen LogP contribution in [0.25, 0.3) is 11.0 Å². The fourth-order valence-corrected chi connectivity index (χ4v) is 2.30. The lowest BCUT2D eigenvalue weighted by Gasteiger charge is -2.12. The van der Waals surface area contributed by atoms with E-state index in [1.54, 1.807) is 6.92 Å². The Morgan fingerprint density at radius 3 is 2.88 bits per heavy atom. The van der Waals surface area contributed by atoms with E-state index in [9.17, 15) is 4.79 Å². The van der Waals surface area contributed by atoms with Crippen molar-refractivity contribution in [3.05, 3.63) is 28.5 Å². The van der Waals surface area contributed by atoms with Crippen molar-refractivity contribution < 1.29 is 9.53 Å². The molecule has 0 radical (unpaired) electrons. The number of fused-ring (bicyclic) bond motifs is 1. The number of hydrogen-bond acceptors (Lipinski definition) is 3. The van der Waals surface area contributed by atoms with E-state index in [0.717, 1.165) is 21.2 Å². The van der Waals surface area contributed by atoms with Gasteiger partial charge < -0.3 is 9.30 Å². The quantitative estimate of drug-likeness (QED) is 0.801. The molecule has 0 fully saturated rings. The molecule has 1 atom stereocenters. The van der Waals surface area contributed by atoms with E-state index < -0.39 is 0 Å². The maximum atomic E-state index is 11.6. The Balaban J connectivity index is 2.59. The monoisotopic (exact) mass is 296 g/mol. The van der Waals surface area contributed by atoms with Gasteiger partial charge in [-0.3, -0.25) is 4.98 Å². The molecule has 2 heterocycles. The number of rotatable bonds is 2. The summed E-state index contributed by atoms with van der Waals surface area (Å²) in [6.45, 7) is 3.74. The smallest absolute Gasteiger partial charge is 0.328 e. The lowest BCUT2D eigenvalue weighted by Crippen LogP contribution is -2.16. The second-order valence-corrected chi connectivity index (χ2v) is 4.76. The Morgan fingerprint density at radius 2 is 2.24 bits per heavy atom. The lowest BCUT2D eigenvalue weighted by atomic mass is 10.3. The molecule has 0 aliphatic rings. The van der Waals surface area contributed by atoms with Crippen LogP contribution in [0.5, 0.6) is 0 Å². The van der Waals surface area contributed by atoms with Crippen LogP contribution in [-0.2, 0) is 9.53 Å². The molecule has 0 amide bonds. The van der Waals surface area contributed by atoms with Crippen LogP contribution in [-0.4, -0.2) is 22.6 Å². The summed E-state index contributed by atoms with van der Waals surface area (Å²) in [5.41, 5.74) is 2.72. The van der Waals surface area contributed by atoms with Gasteiger partial charge in [-0.05, 0) is 41.9 Å². The Morgan fingerprint density at radius 1 is 1.53 bits per heavy atom. The summed E-state index contributed by atoms with van der Waals surface area (Å²) in [6, 6.07) is 3.52. The first kappa shape index (κ1) is 12.1. The Labute approximate surface area is 108 Å². The van der Waals surface area contributed by atoms with Gasteiger partial charge in [-0.25, -0.2) is 4.79 Å². The van der Waals surface area contributed by atoms with E-state index in [0.29, 0.717) is 0 Å². The highest BCUT2D eigenvalue weighted by molar-refractivity contribution is 9.10. The van der Waals surface area contributed by atoms with Crippen molar-refractivity contribution in [2.75, 3.05) is 7.11 Å². The molecule has 0 N–H and O–H groups in total. The molecule has 0 bridgehead atoms. The van der Waals surface area contributed by atoms with Crippen LogP contribution in [0.2, 0.25) is 0 Å². The van der Waals surface area contributed by atoms with Crippen LogP contribution in [0.3, 0.4) is 0 Å². The molecule has 4 nitrogen and oxygen atoms in total. The zero-order valence-electron chi connectivity index (χ0n) is 9.90. The van der Waals surface area contributed by atoms with Crippen molar-refractivity contribution in [3.63, 3.8) is 0 Å². The van der Waals surface area contributed by atoms with Crippen molar-refractivity contribution in [2.24, 2.45) is 0 Å². The van der Waals surface area contributed by atoms with Crippen molar-refractivity contribution >= 4 is 32.9 Å². The van der Waals surface area contributed by atoms with Gasteiger partial charge in [-0.1, -0.05) is 0 Å². The van der Waals surface area contributed by atoms with Gasteiger partial charge in [-0.2, -0.15) is 0 Å². The molecule has 2 rings (SSSR count). The summed E-state index contributed by atoms with van der Waals surface area (Å²) < 4.78 is 7.49. The third-order valence-electron chi connectivity index (χ3n) is 2.73. The summed E-state index contributed by atoms with van der Waals surface area (Å²) >= 11 is 3.46. The van der Waals surface area contributed by atoms with Crippen LogP contribution < -0.4 is 0 Å². The number of aryl methyl sites for hydroxylation is 1. The molecular weight excluding hydrogens is 284 g/mol. The number of aromatic nitrogens is 2. The molecule has 5 heteroatoms. The molecule has 0 saturated heterocycles. The topological polar surface area (TPSA) is 44.1 Å². The van der Waals surface area contributed by atoms with Crippen molar-refractivity contribution in [1.29, 1.82) is 0 Å². The summed E-state index contributed by atoms with van der Waals surface area (Å²) in [4.78, 5) is 16.0. The number of esters is 1. The van der Waals surface area contributed by atoms with Gasteiger partial charge in [0.1, 0.15) is 11.6 Å². The minimum Gasteiger partial charge on any atom is -0.467 e. The Bertz CT molecular complexity index is 577. The zero-order chi connectivity index (χ0) is 12.6. The first-order valence-electron chi connectivity index (χ1n) is 5.26. The third kappa shape index (κ3) is 2.07. The first-order chi connectivity index (χ1) is 8.04. The molecule has 2 aromatic rings. The summed E-state index contributed by atoms with van der Waals surface area (Å²) in [6.07, 6.45) is 1.86. The van der Waals surface area contributed by atoms with E-state index in [2.05, 4.69) is 20.9 Å². The van der Waals surface area contributed by atoms with Gasteiger partial charge in [0.25, 0.3) is 0 Å². The summed E-state index contributed by atoms with van der Waals surface area (Å²) in [5.74, 6) is -0.269. The fraction of sp³-hybridized carbons (Fsp3) is 0.333. The predicted molar refractivity (Wildman–Crippen MR) is 68.9 cm³/mol. The number of halogens is 1. The number of methoxy groups -OCH3 is 1. The molecule has 90 valence electrons. The zero-order valence-corrected chi connectivity index (χ0v) is 11.5. The van der Waals surface area contributed by atoms with Crippen LogP contribution >= 0.6 is 15.9 Å². The maximum Gasteiger partial charge on any atom is 0.328 e. The number of carbonyl (C=O) groups is 1. The van der Waals surface area contributed by atoms with Gasteiger partial charge in [0.2, 0.25) is 0 Å². The van der Waals surface area contributed by atoms with E-state index in [-0.39, 0.29) is 12.0 Å². The van der Waals surface area contributed by atoms with Crippen LogP contribution in [0, 0.1) is 6.92 Å². The molecule has 0 aliphatic carbocycles.